The van der Waals surface area contributed by atoms with Crippen LogP contribution in [0.15, 0.2) is 224 Å². The largest absolute Gasteiger partial charge is 0.277 e. The lowest BCUT2D eigenvalue weighted by molar-refractivity contribution is 0.633. The van der Waals surface area contributed by atoms with Crippen molar-refractivity contribution in [3.8, 4) is 39.5 Å². The second-order valence-corrected chi connectivity index (χ2v) is 17.9. The zero-order chi connectivity index (χ0) is 42.4. The number of aromatic nitrogens is 3. The first-order valence-corrected chi connectivity index (χ1v) is 22.6. The molecule has 2 aromatic heterocycles. The molecule has 0 bridgehead atoms. The van der Waals surface area contributed by atoms with Crippen molar-refractivity contribution in [1.29, 1.82) is 0 Å². The summed E-state index contributed by atoms with van der Waals surface area (Å²) in [6, 6.07) is 83.3. The first-order valence-electron chi connectivity index (χ1n) is 22.6. The average Bonchev–Trinajstić information content (AvgIpc) is 3.99. The van der Waals surface area contributed by atoms with E-state index in [9.17, 15) is 0 Å². The molecule has 2 spiro atoms. The Hall–Kier alpha value is -8.40. The van der Waals surface area contributed by atoms with Crippen LogP contribution in [0.1, 0.15) is 44.5 Å². The fourth-order valence-corrected chi connectivity index (χ4v) is 12.8. The Morgan fingerprint density at radius 2 is 0.846 bits per heavy atom. The Morgan fingerprint density at radius 3 is 1.51 bits per heavy atom. The number of benzene rings is 10. The van der Waals surface area contributed by atoms with Crippen molar-refractivity contribution in [2.45, 2.75) is 10.8 Å². The Bertz CT molecular complexity index is 3930. The van der Waals surface area contributed by atoms with Crippen LogP contribution in [-0.4, -0.2) is 14.5 Å². The van der Waals surface area contributed by atoms with Gasteiger partial charge >= 0.3 is 0 Å². The fraction of sp³-hybridized carbons (Fsp3) is 0.0323. The van der Waals surface area contributed by atoms with E-state index in [1.54, 1.807) is 0 Å². The molecule has 12 aromatic rings. The number of hydrogen-bond acceptors (Lipinski definition) is 2. The van der Waals surface area contributed by atoms with Gasteiger partial charge in [-0.25, -0.2) is 9.97 Å². The molecule has 65 heavy (non-hydrogen) atoms. The van der Waals surface area contributed by atoms with E-state index in [1.807, 2.05) is 0 Å². The second kappa shape index (κ2) is 12.6. The van der Waals surface area contributed by atoms with Crippen LogP contribution in [0.3, 0.4) is 0 Å². The van der Waals surface area contributed by atoms with E-state index in [2.05, 4.69) is 229 Å². The van der Waals surface area contributed by atoms with Crippen LogP contribution in [0, 0.1) is 0 Å². The minimum absolute atomic E-state index is 0.506. The van der Waals surface area contributed by atoms with Gasteiger partial charge in [0.1, 0.15) is 0 Å². The molecule has 15 rings (SSSR count). The van der Waals surface area contributed by atoms with Crippen LogP contribution in [0.25, 0.3) is 82.9 Å². The molecule has 0 fully saturated rings. The van der Waals surface area contributed by atoms with E-state index in [-0.39, 0.29) is 0 Å². The molecule has 3 aliphatic carbocycles. The monoisotopic (exact) mass is 823 g/mol. The van der Waals surface area contributed by atoms with Crippen molar-refractivity contribution in [2.75, 3.05) is 0 Å². The standard InChI is InChI=1S/C62H37N3/c1-2-19-39(20-3-1)58-44-25-9-17-33-54(44)63-60(64-58)65-55-37-34-38-18-4-5-21-40(38)56(55)45-35-36-53-57(59(45)65)43-24-8-12-28-48(43)62(53)51-31-15-13-29-49(51)61(50-30-14-16-32-52(50)62)46-26-10-6-22-41(46)42-23-7-11-27-47(42)61/h1-37H. The highest BCUT2D eigenvalue weighted by Gasteiger charge is 2.59. The highest BCUT2D eigenvalue weighted by molar-refractivity contribution is 6.24. The van der Waals surface area contributed by atoms with Gasteiger partial charge in [0.05, 0.1) is 33.1 Å². The van der Waals surface area contributed by atoms with Crippen molar-refractivity contribution in [3.05, 3.63) is 269 Å². The van der Waals surface area contributed by atoms with Crippen LogP contribution in [0.2, 0.25) is 0 Å². The van der Waals surface area contributed by atoms with Crippen LogP contribution < -0.4 is 0 Å². The Balaban J connectivity index is 1.13. The molecular formula is C62H37N3. The normalized spacial score (nSPS) is 14.4. The fourth-order valence-electron chi connectivity index (χ4n) is 12.8. The number of fused-ring (bicyclic) bond motifs is 23. The van der Waals surface area contributed by atoms with E-state index in [4.69, 9.17) is 9.97 Å². The lowest BCUT2D eigenvalue weighted by atomic mass is 9.52. The van der Waals surface area contributed by atoms with Gasteiger partial charge in [-0.3, -0.25) is 4.57 Å². The summed E-state index contributed by atoms with van der Waals surface area (Å²) in [6.45, 7) is 0. The van der Waals surface area contributed by atoms with E-state index < -0.39 is 10.8 Å². The molecule has 0 aliphatic heterocycles. The molecule has 3 aliphatic rings. The second-order valence-electron chi connectivity index (χ2n) is 17.9. The quantitative estimate of drug-likeness (QED) is 0.174. The summed E-state index contributed by atoms with van der Waals surface area (Å²) < 4.78 is 2.39. The van der Waals surface area contributed by atoms with Gasteiger partial charge in [-0.1, -0.05) is 212 Å². The summed E-state index contributed by atoms with van der Waals surface area (Å²) in [4.78, 5) is 11.1. The molecule has 0 N–H and O–H groups in total. The maximum Gasteiger partial charge on any atom is 0.235 e. The Labute approximate surface area is 375 Å². The van der Waals surface area contributed by atoms with Gasteiger partial charge in [0.15, 0.2) is 0 Å². The number of hydrogen-bond donors (Lipinski definition) is 0. The smallest absolute Gasteiger partial charge is 0.235 e. The zero-order valence-corrected chi connectivity index (χ0v) is 35.2. The van der Waals surface area contributed by atoms with Crippen molar-refractivity contribution in [3.63, 3.8) is 0 Å². The SMILES string of the molecule is c1ccc(-c2nc(-n3c4ccc5ccccc5c4c4ccc5c(c43)-c3ccccc3C53c4ccccc4C4(c5ccccc5-c5ccccc54)c4ccccc43)nc3ccccc23)cc1. The van der Waals surface area contributed by atoms with Crippen LogP contribution in [0.4, 0.5) is 0 Å². The first-order chi connectivity index (χ1) is 32.3. The summed E-state index contributed by atoms with van der Waals surface area (Å²) in [7, 11) is 0. The summed E-state index contributed by atoms with van der Waals surface area (Å²) in [6.07, 6.45) is 0. The van der Waals surface area contributed by atoms with Crippen LogP contribution in [0.5, 0.6) is 0 Å². The van der Waals surface area contributed by atoms with Crippen molar-refractivity contribution in [2.24, 2.45) is 0 Å². The van der Waals surface area contributed by atoms with E-state index in [1.165, 1.54) is 88.3 Å². The van der Waals surface area contributed by atoms with Gasteiger partial charge in [0.25, 0.3) is 0 Å². The highest BCUT2D eigenvalue weighted by atomic mass is 15.2. The maximum absolute atomic E-state index is 5.59. The van der Waals surface area contributed by atoms with Gasteiger partial charge < -0.3 is 0 Å². The lowest BCUT2D eigenvalue weighted by Crippen LogP contribution is -2.43. The molecule has 3 heteroatoms. The van der Waals surface area contributed by atoms with E-state index in [0.29, 0.717) is 5.95 Å². The predicted molar refractivity (Wildman–Crippen MR) is 265 cm³/mol. The molecule has 300 valence electrons. The third-order valence-electron chi connectivity index (χ3n) is 15.1. The average molecular weight is 824 g/mol. The molecule has 0 atom stereocenters. The molecule has 3 nitrogen and oxygen atoms in total. The molecule has 0 saturated carbocycles. The molecular weight excluding hydrogens is 787 g/mol. The molecule has 2 heterocycles. The number of nitrogens with zero attached hydrogens (tertiary/aromatic N) is 3. The van der Waals surface area contributed by atoms with Gasteiger partial charge in [0, 0.05) is 27.3 Å². The van der Waals surface area contributed by atoms with E-state index in [0.717, 1.165) is 33.2 Å². The number of para-hydroxylation sites is 1. The summed E-state index contributed by atoms with van der Waals surface area (Å²) in [5, 5.41) is 5.85. The molecule has 10 aromatic carbocycles. The summed E-state index contributed by atoms with van der Waals surface area (Å²) in [5.41, 5.74) is 19.6. The molecule has 0 unspecified atom stereocenters. The topological polar surface area (TPSA) is 30.7 Å². The third kappa shape index (κ3) is 4.22. The van der Waals surface area contributed by atoms with Crippen LogP contribution in [-0.2, 0) is 10.8 Å². The van der Waals surface area contributed by atoms with Gasteiger partial charge in [-0.05, 0) is 84.1 Å². The zero-order valence-electron chi connectivity index (χ0n) is 35.2. The molecule has 0 saturated heterocycles. The predicted octanol–water partition coefficient (Wildman–Crippen LogP) is 14.6. The van der Waals surface area contributed by atoms with Crippen molar-refractivity contribution in [1.82, 2.24) is 14.5 Å². The van der Waals surface area contributed by atoms with Crippen LogP contribution >= 0.6 is 0 Å². The Kier molecular flexibility index (Phi) is 6.82. The summed E-state index contributed by atoms with van der Waals surface area (Å²) in [5.74, 6) is 0.659. The lowest BCUT2D eigenvalue weighted by Gasteiger charge is -2.48. The number of rotatable bonds is 2. The highest BCUT2D eigenvalue weighted by Crippen LogP contribution is 2.68. The van der Waals surface area contributed by atoms with Crippen molar-refractivity contribution >= 4 is 43.5 Å². The first kappa shape index (κ1) is 35.1. The van der Waals surface area contributed by atoms with Gasteiger partial charge in [0.2, 0.25) is 5.95 Å². The van der Waals surface area contributed by atoms with E-state index >= 15 is 0 Å². The molecule has 0 radical (unpaired) electrons. The Morgan fingerprint density at radius 1 is 0.338 bits per heavy atom. The minimum atomic E-state index is -0.631. The van der Waals surface area contributed by atoms with Crippen molar-refractivity contribution < 1.29 is 0 Å². The van der Waals surface area contributed by atoms with Gasteiger partial charge in [-0.15, -0.1) is 0 Å². The van der Waals surface area contributed by atoms with Gasteiger partial charge in [-0.2, -0.15) is 0 Å². The molecule has 0 amide bonds. The maximum atomic E-state index is 5.59. The summed E-state index contributed by atoms with van der Waals surface area (Å²) >= 11 is 0. The minimum Gasteiger partial charge on any atom is -0.277 e. The third-order valence-corrected chi connectivity index (χ3v) is 15.1.